The first kappa shape index (κ1) is 32.3. The number of rotatable bonds is 14. The average molecular weight is 595 g/mol. The van der Waals surface area contributed by atoms with Gasteiger partial charge in [0.1, 0.15) is 12.6 Å². The van der Waals surface area contributed by atoms with Crippen LogP contribution in [-0.4, -0.2) is 55.4 Å². The number of unbranched alkanes of at least 4 members (excludes halogenated alkanes) is 1. The molecule has 224 valence electrons. The van der Waals surface area contributed by atoms with Gasteiger partial charge in [-0.3, -0.25) is 24.0 Å². The molecule has 1 N–H and O–H groups in total. The smallest absolute Gasteiger partial charge is 0.271 e. The van der Waals surface area contributed by atoms with E-state index in [1.54, 1.807) is 6.92 Å². The van der Waals surface area contributed by atoms with Crippen molar-refractivity contribution < 1.29 is 22.9 Å². The number of hydrogen-bond donors (Lipinski definition) is 1. The molecule has 0 spiro atoms. The molecule has 2 amide bonds. The summed E-state index contributed by atoms with van der Waals surface area (Å²) in [5, 5.41) is 14.4. The zero-order valence-corrected chi connectivity index (χ0v) is 25.3. The van der Waals surface area contributed by atoms with E-state index in [2.05, 4.69) is 5.32 Å². The van der Waals surface area contributed by atoms with E-state index >= 15 is 0 Å². The molecule has 1 atom stereocenters. The van der Waals surface area contributed by atoms with Crippen LogP contribution in [0.5, 0.6) is 0 Å². The Morgan fingerprint density at radius 1 is 0.976 bits per heavy atom. The van der Waals surface area contributed by atoms with E-state index in [0.29, 0.717) is 12.1 Å². The molecule has 11 heteroatoms. The van der Waals surface area contributed by atoms with Crippen molar-refractivity contribution in [1.29, 1.82) is 0 Å². The van der Waals surface area contributed by atoms with Crippen molar-refractivity contribution >= 4 is 33.2 Å². The highest BCUT2D eigenvalue weighted by molar-refractivity contribution is 7.92. The van der Waals surface area contributed by atoms with Crippen LogP contribution in [0.2, 0.25) is 0 Å². The van der Waals surface area contributed by atoms with Gasteiger partial charge >= 0.3 is 0 Å². The first-order valence-electron chi connectivity index (χ1n) is 13.8. The van der Waals surface area contributed by atoms with Gasteiger partial charge in [-0.05, 0) is 37.0 Å². The van der Waals surface area contributed by atoms with Crippen LogP contribution in [0.15, 0.2) is 72.8 Å². The summed E-state index contributed by atoms with van der Waals surface area (Å²) in [6, 6.07) is 19.8. The topological polar surface area (TPSA) is 130 Å². The predicted octanol–water partition coefficient (Wildman–Crippen LogP) is 4.53. The second-order valence-corrected chi connectivity index (χ2v) is 12.3. The maximum atomic E-state index is 14.2. The third-order valence-electron chi connectivity index (χ3n) is 6.89. The number of nitrogens with one attached hydrogen (secondary N) is 1. The lowest BCUT2D eigenvalue weighted by molar-refractivity contribution is -0.384. The predicted molar refractivity (Wildman–Crippen MR) is 164 cm³/mol. The van der Waals surface area contributed by atoms with Gasteiger partial charge in [-0.1, -0.05) is 79.6 Å². The zero-order chi connectivity index (χ0) is 30.9. The van der Waals surface area contributed by atoms with E-state index in [9.17, 15) is 28.1 Å². The quantitative estimate of drug-likeness (QED) is 0.166. The molecular formula is C31H38N4O6S. The number of benzene rings is 3. The Hall–Kier alpha value is -4.25. The number of non-ortho nitro benzene ring substituents is 1. The number of nitrogens with zero attached hydrogens (tertiary/aromatic N) is 3. The van der Waals surface area contributed by atoms with Crippen LogP contribution in [0.25, 0.3) is 0 Å². The van der Waals surface area contributed by atoms with Crippen molar-refractivity contribution in [3.05, 3.63) is 105 Å². The maximum absolute atomic E-state index is 14.2. The first-order valence-corrected chi connectivity index (χ1v) is 15.6. The lowest BCUT2D eigenvalue weighted by Crippen LogP contribution is -2.53. The summed E-state index contributed by atoms with van der Waals surface area (Å²) in [5.41, 5.74) is 2.76. The number of amides is 2. The third-order valence-corrected chi connectivity index (χ3v) is 8.01. The Balaban J connectivity index is 2.09. The molecule has 0 aliphatic rings. The van der Waals surface area contributed by atoms with E-state index in [1.165, 1.54) is 17.0 Å². The monoisotopic (exact) mass is 594 g/mol. The van der Waals surface area contributed by atoms with Crippen molar-refractivity contribution in [3.8, 4) is 0 Å². The second kappa shape index (κ2) is 14.6. The van der Waals surface area contributed by atoms with Crippen LogP contribution in [0.3, 0.4) is 0 Å². The average Bonchev–Trinajstić information content (AvgIpc) is 2.94. The van der Waals surface area contributed by atoms with Gasteiger partial charge in [-0.2, -0.15) is 0 Å². The summed E-state index contributed by atoms with van der Waals surface area (Å²) >= 11 is 0. The van der Waals surface area contributed by atoms with Gasteiger partial charge < -0.3 is 10.2 Å². The SMILES string of the molecule is CCCCNC(=O)[C@@H](Cc1ccccc1)N(Cc1cccc(C)c1)C(=O)CN(c1cc([N+](=O)[O-])ccc1C)S(C)(=O)=O. The second-order valence-electron chi connectivity index (χ2n) is 10.4. The number of nitro benzene ring substituents is 1. The molecule has 0 bridgehead atoms. The summed E-state index contributed by atoms with van der Waals surface area (Å²) < 4.78 is 26.9. The van der Waals surface area contributed by atoms with E-state index in [4.69, 9.17) is 0 Å². The Morgan fingerprint density at radius 3 is 2.29 bits per heavy atom. The third kappa shape index (κ3) is 8.87. The van der Waals surface area contributed by atoms with Crippen LogP contribution in [-0.2, 0) is 32.6 Å². The Bertz CT molecular complexity index is 1510. The molecule has 42 heavy (non-hydrogen) atoms. The Kier molecular flexibility index (Phi) is 11.2. The number of carbonyl (C=O) groups is 2. The van der Waals surface area contributed by atoms with E-state index in [-0.39, 0.29) is 30.2 Å². The minimum Gasteiger partial charge on any atom is -0.354 e. The number of aryl methyl sites for hydroxylation is 2. The lowest BCUT2D eigenvalue weighted by atomic mass is 10.0. The van der Waals surface area contributed by atoms with Crippen LogP contribution in [0.4, 0.5) is 11.4 Å². The summed E-state index contributed by atoms with van der Waals surface area (Å²) in [6.07, 6.45) is 2.80. The van der Waals surface area contributed by atoms with Crippen LogP contribution in [0, 0.1) is 24.0 Å². The standard InChI is InChI=1S/C31H38N4O6S/c1-5-6-17-32-31(37)29(19-25-12-8-7-9-13-25)33(21-26-14-10-11-23(2)18-26)30(36)22-34(42(4,40)41)28-20-27(35(38)39)16-15-24(28)3/h7-16,18,20,29H,5-6,17,19,21-22H2,1-4H3,(H,32,37)/t29-/m1/s1. The molecule has 0 saturated heterocycles. The molecule has 0 radical (unpaired) electrons. The fourth-order valence-corrected chi connectivity index (χ4v) is 5.54. The first-order chi connectivity index (χ1) is 19.9. The minimum atomic E-state index is -4.05. The molecule has 0 saturated carbocycles. The normalized spacial score (nSPS) is 11.9. The zero-order valence-electron chi connectivity index (χ0n) is 24.4. The molecule has 0 aliphatic carbocycles. The summed E-state index contributed by atoms with van der Waals surface area (Å²) in [5.74, 6) is -0.954. The van der Waals surface area contributed by atoms with E-state index < -0.39 is 33.4 Å². The number of carbonyl (C=O) groups excluding carboxylic acids is 2. The highest BCUT2D eigenvalue weighted by Crippen LogP contribution is 2.28. The molecule has 0 unspecified atom stereocenters. The van der Waals surface area contributed by atoms with E-state index in [0.717, 1.165) is 46.2 Å². The fourth-order valence-electron chi connectivity index (χ4n) is 4.64. The molecule has 3 aromatic rings. The molecule has 3 aromatic carbocycles. The molecule has 0 heterocycles. The van der Waals surface area contributed by atoms with Crippen LogP contribution >= 0.6 is 0 Å². The van der Waals surface area contributed by atoms with Crippen molar-refractivity contribution in [2.75, 3.05) is 23.7 Å². The summed E-state index contributed by atoms with van der Waals surface area (Å²) in [7, 11) is -4.05. The van der Waals surface area contributed by atoms with Crippen LogP contribution in [0.1, 0.15) is 42.0 Å². The van der Waals surface area contributed by atoms with Crippen molar-refractivity contribution in [2.24, 2.45) is 0 Å². The lowest BCUT2D eigenvalue weighted by Gasteiger charge is -2.33. The van der Waals surface area contributed by atoms with Gasteiger partial charge in [0.2, 0.25) is 21.8 Å². The Labute approximate surface area is 247 Å². The van der Waals surface area contributed by atoms with Gasteiger partial charge in [-0.25, -0.2) is 8.42 Å². The maximum Gasteiger partial charge on any atom is 0.271 e. The number of sulfonamides is 1. The minimum absolute atomic E-state index is 0.0302. The molecule has 0 fully saturated rings. The molecule has 0 aliphatic heterocycles. The summed E-state index contributed by atoms with van der Waals surface area (Å²) in [4.78, 5) is 40.1. The number of hydrogen-bond acceptors (Lipinski definition) is 6. The molecule has 10 nitrogen and oxygen atoms in total. The number of anilines is 1. The van der Waals surface area contributed by atoms with E-state index in [1.807, 2.05) is 68.4 Å². The van der Waals surface area contributed by atoms with Gasteiger partial charge in [-0.15, -0.1) is 0 Å². The number of nitro groups is 1. The Morgan fingerprint density at radius 2 is 1.67 bits per heavy atom. The van der Waals surface area contributed by atoms with Gasteiger partial charge in [0.25, 0.3) is 5.69 Å². The fraction of sp³-hybridized carbons (Fsp3) is 0.355. The molecule has 3 rings (SSSR count). The van der Waals surface area contributed by atoms with Crippen LogP contribution < -0.4 is 9.62 Å². The molecule has 0 aromatic heterocycles. The highest BCUT2D eigenvalue weighted by Gasteiger charge is 2.33. The van der Waals surface area contributed by atoms with Crippen molar-refractivity contribution in [2.45, 2.75) is 52.6 Å². The summed E-state index contributed by atoms with van der Waals surface area (Å²) in [6.45, 7) is 5.41. The highest BCUT2D eigenvalue weighted by atomic mass is 32.2. The van der Waals surface area contributed by atoms with Crippen molar-refractivity contribution in [3.63, 3.8) is 0 Å². The van der Waals surface area contributed by atoms with Gasteiger partial charge in [0.15, 0.2) is 0 Å². The van der Waals surface area contributed by atoms with Crippen molar-refractivity contribution in [1.82, 2.24) is 10.2 Å². The van der Waals surface area contributed by atoms with Gasteiger partial charge in [0, 0.05) is 31.6 Å². The molecular weight excluding hydrogens is 556 g/mol. The largest absolute Gasteiger partial charge is 0.354 e. The van der Waals surface area contributed by atoms with Gasteiger partial charge in [0.05, 0.1) is 16.9 Å².